The summed E-state index contributed by atoms with van der Waals surface area (Å²) in [4.78, 5) is 0. The van der Waals surface area contributed by atoms with Crippen molar-refractivity contribution in [2.24, 2.45) is 0 Å². The van der Waals surface area contributed by atoms with Crippen molar-refractivity contribution in [1.29, 1.82) is 0 Å². The average Bonchev–Trinajstić information content (AvgIpc) is 2.29. The van der Waals surface area contributed by atoms with Gasteiger partial charge in [-0.1, -0.05) is 6.07 Å². The second-order valence-electron chi connectivity index (χ2n) is 4.06. The van der Waals surface area contributed by atoms with Crippen molar-refractivity contribution in [2.75, 3.05) is 20.3 Å². The molecule has 0 aliphatic carbocycles. The van der Waals surface area contributed by atoms with E-state index in [0.29, 0.717) is 0 Å². The van der Waals surface area contributed by atoms with Gasteiger partial charge in [-0.2, -0.15) is 13.2 Å². The van der Waals surface area contributed by atoms with Gasteiger partial charge in [0, 0.05) is 12.1 Å². The minimum Gasteiger partial charge on any atom is -0.370 e. The van der Waals surface area contributed by atoms with Crippen molar-refractivity contribution in [3.05, 3.63) is 35.4 Å². The fraction of sp³-hybridized carbons (Fsp3) is 0.500. The maximum absolute atomic E-state index is 13.4. The third-order valence-corrected chi connectivity index (χ3v) is 2.47. The predicted octanol–water partition coefficient (Wildman–Crippen LogP) is 2.67. The van der Waals surface area contributed by atoms with Crippen LogP contribution in [0, 0.1) is 11.6 Å². The molecule has 0 aromatic heterocycles. The van der Waals surface area contributed by atoms with Gasteiger partial charge in [0.05, 0.1) is 6.61 Å². The lowest BCUT2D eigenvalue weighted by Crippen LogP contribution is -2.34. The van der Waals surface area contributed by atoms with Crippen LogP contribution in [0.4, 0.5) is 22.0 Å². The molecule has 0 heterocycles. The van der Waals surface area contributed by atoms with Crippen LogP contribution in [0.15, 0.2) is 18.2 Å². The predicted molar refractivity (Wildman–Crippen MR) is 59.8 cm³/mol. The van der Waals surface area contributed by atoms with Crippen LogP contribution in [0.2, 0.25) is 0 Å². The van der Waals surface area contributed by atoms with E-state index in [1.165, 1.54) is 13.1 Å². The fourth-order valence-corrected chi connectivity index (χ4v) is 1.51. The summed E-state index contributed by atoms with van der Waals surface area (Å²) in [6, 6.07) is 2.61. The lowest BCUT2D eigenvalue weighted by molar-refractivity contribution is -0.175. The summed E-state index contributed by atoms with van der Waals surface area (Å²) in [6.45, 7) is -1.57. The largest absolute Gasteiger partial charge is 0.411 e. The SMILES string of the molecule is CNC(COCC(F)(F)F)Cc1ccc(F)cc1F. The number of alkyl halides is 3. The third-order valence-electron chi connectivity index (χ3n) is 2.47. The Morgan fingerprint density at radius 2 is 1.95 bits per heavy atom. The highest BCUT2D eigenvalue weighted by atomic mass is 19.4. The van der Waals surface area contributed by atoms with Crippen LogP contribution in [0.1, 0.15) is 5.56 Å². The van der Waals surface area contributed by atoms with Crippen molar-refractivity contribution in [1.82, 2.24) is 5.32 Å². The van der Waals surface area contributed by atoms with E-state index >= 15 is 0 Å². The molecule has 1 rings (SSSR count). The maximum atomic E-state index is 13.4. The molecule has 0 saturated heterocycles. The minimum atomic E-state index is -4.39. The van der Waals surface area contributed by atoms with E-state index in [4.69, 9.17) is 0 Å². The Hall–Kier alpha value is -1.21. The zero-order valence-electron chi connectivity index (χ0n) is 10.2. The van der Waals surface area contributed by atoms with E-state index in [9.17, 15) is 22.0 Å². The van der Waals surface area contributed by atoms with E-state index in [0.717, 1.165) is 12.1 Å². The first-order valence-electron chi connectivity index (χ1n) is 5.57. The van der Waals surface area contributed by atoms with Gasteiger partial charge in [-0.3, -0.25) is 0 Å². The van der Waals surface area contributed by atoms with Gasteiger partial charge < -0.3 is 10.1 Å². The molecule has 0 aliphatic heterocycles. The number of nitrogens with one attached hydrogen (secondary N) is 1. The molecular formula is C12H14F5NO. The number of hydrogen-bond acceptors (Lipinski definition) is 2. The van der Waals surface area contributed by atoms with Crippen LogP contribution in [0.3, 0.4) is 0 Å². The lowest BCUT2D eigenvalue weighted by atomic mass is 10.1. The number of benzene rings is 1. The topological polar surface area (TPSA) is 21.3 Å². The van der Waals surface area contributed by atoms with Crippen molar-refractivity contribution in [3.63, 3.8) is 0 Å². The van der Waals surface area contributed by atoms with Crippen LogP contribution in [-0.4, -0.2) is 32.5 Å². The summed E-state index contributed by atoms with van der Waals surface area (Å²) in [5.74, 6) is -1.42. The van der Waals surface area contributed by atoms with Gasteiger partial charge in [-0.15, -0.1) is 0 Å². The van der Waals surface area contributed by atoms with Crippen LogP contribution in [0.5, 0.6) is 0 Å². The van der Waals surface area contributed by atoms with Gasteiger partial charge in [0.2, 0.25) is 0 Å². The standard InChI is InChI=1S/C12H14F5NO/c1-18-10(6-19-7-12(15,16)17)4-8-2-3-9(13)5-11(8)14/h2-3,5,10,18H,4,6-7H2,1H3. The van der Waals surface area contributed by atoms with Crippen LogP contribution in [-0.2, 0) is 11.2 Å². The first-order chi connectivity index (χ1) is 8.81. The Labute approximate surface area is 107 Å². The summed E-state index contributed by atoms with van der Waals surface area (Å²) in [5.41, 5.74) is 0.219. The van der Waals surface area contributed by atoms with Crippen LogP contribution >= 0.6 is 0 Å². The molecule has 1 N–H and O–H groups in total. The van der Waals surface area contributed by atoms with Crippen molar-refractivity contribution in [3.8, 4) is 0 Å². The smallest absolute Gasteiger partial charge is 0.370 e. The lowest BCUT2D eigenvalue weighted by Gasteiger charge is -2.17. The molecule has 1 atom stereocenters. The average molecular weight is 283 g/mol. The van der Waals surface area contributed by atoms with E-state index in [1.807, 2.05) is 0 Å². The fourth-order valence-electron chi connectivity index (χ4n) is 1.51. The van der Waals surface area contributed by atoms with E-state index < -0.39 is 30.5 Å². The molecule has 1 unspecified atom stereocenters. The van der Waals surface area contributed by atoms with Gasteiger partial charge in [0.1, 0.15) is 18.2 Å². The Morgan fingerprint density at radius 3 is 2.47 bits per heavy atom. The molecule has 0 amide bonds. The van der Waals surface area contributed by atoms with E-state index in [2.05, 4.69) is 10.1 Å². The van der Waals surface area contributed by atoms with Crippen molar-refractivity contribution in [2.45, 2.75) is 18.6 Å². The highest BCUT2D eigenvalue weighted by Gasteiger charge is 2.27. The minimum absolute atomic E-state index is 0.112. The first-order valence-corrected chi connectivity index (χ1v) is 5.57. The summed E-state index contributed by atoms with van der Waals surface area (Å²) < 4.78 is 66.3. The molecule has 19 heavy (non-hydrogen) atoms. The molecule has 108 valence electrons. The molecular weight excluding hydrogens is 269 g/mol. The number of rotatable bonds is 6. The molecule has 1 aromatic carbocycles. The quantitative estimate of drug-likeness (QED) is 0.810. The van der Waals surface area contributed by atoms with E-state index in [-0.39, 0.29) is 18.6 Å². The number of hydrogen-bond donors (Lipinski definition) is 1. The number of ether oxygens (including phenoxy) is 1. The molecule has 0 radical (unpaired) electrons. The number of halogens is 5. The Kier molecular flexibility index (Phi) is 5.68. The Bertz CT molecular complexity index is 408. The first kappa shape index (κ1) is 15.8. The molecule has 0 spiro atoms. The molecule has 0 aliphatic rings. The summed E-state index contributed by atoms with van der Waals surface area (Å²) in [6.07, 6.45) is -4.28. The molecule has 7 heteroatoms. The second-order valence-corrected chi connectivity index (χ2v) is 4.06. The van der Waals surface area contributed by atoms with Crippen LogP contribution in [0.25, 0.3) is 0 Å². The highest BCUT2D eigenvalue weighted by molar-refractivity contribution is 5.19. The zero-order chi connectivity index (χ0) is 14.5. The molecule has 1 aromatic rings. The normalized spacial score (nSPS) is 13.6. The monoisotopic (exact) mass is 283 g/mol. The number of likely N-dealkylation sites (N-methyl/N-ethyl adjacent to an activating group) is 1. The van der Waals surface area contributed by atoms with Crippen LogP contribution < -0.4 is 5.32 Å². The Morgan fingerprint density at radius 1 is 1.26 bits per heavy atom. The Balaban J connectivity index is 2.52. The maximum Gasteiger partial charge on any atom is 0.411 e. The third kappa shape index (κ3) is 5.98. The summed E-state index contributed by atoms with van der Waals surface area (Å²) in [7, 11) is 1.53. The zero-order valence-corrected chi connectivity index (χ0v) is 10.2. The van der Waals surface area contributed by atoms with Gasteiger partial charge in [0.25, 0.3) is 0 Å². The van der Waals surface area contributed by atoms with E-state index in [1.54, 1.807) is 0 Å². The molecule has 0 fully saturated rings. The molecule has 2 nitrogen and oxygen atoms in total. The summed E-state index contributed by atoms with van der Waals surface area (Å²) in [5, 5.41) is 2.73. The van der Waals surface area contributed by atoms with Crippen molar-refractivity contribution >= 4 is 0 Å². The second kappa shape index (κ2) is 6.81. The van der Waals surface area contributed by atoms with Crippen molar-refractivity contribution < 1.29 is 26.7 Å². The summed E-state index contributed by atoms with van der Waals surface area (Å²) >= 11 is 0. The van der Waals surface area contributed by atoms with Gasteiger partial charge in [-0.25, -0.2) is 8.78 Å². The molecule has 0 bridgehead atoms. The highest BCUT2D eigenvalue weighted by Crippen LogP contribution is 2.15. The molecule has 0 saturated carbocycles. The van der Waals surface area contributed by atoms with Gasteiger partial charge in [-0.05, 0) is 25.1 Å². The van der Waals surface area contributed by atoms with Gasteiger partial charge >= 0.3 is 6.18 Å². The van der Waals surface area contributed by atoms with Gasteiger partial charge in [0.15, 0.2) is 0 Å².